The molecule has 0 amide bonds. The zero-order valence-electron chi connectivity index (χ0n) is 12.5. The first-order valence-corrected chi connectivity index (χ1v) is 8.90. The number of rotatable bonds is 4. The van der Waals surface area contributed by atoms with Crippen molar-refractivity contribution in [1.82, 2.24) is 4.31 Å². The van der Waals surface area contributed by atoms with Crippen LogP contribution in [0.4, 0.5) is 0 Å². The van der Waals surface area contributed by atoms with Gasteiger partial charge in [-0.15, -0.1) is 0 Å². The normalized spacial score (nSPS) is 12.9. The van der Waals surface area contributed by atoms with Crippen LogP contribution in [-0.2, 0) is 10.0 Å². The van der Waals surface area contributed by atoms with Crippen molar-refractivity contribution in [3.8, 4) is 6.07 Å². The molecule has 120 valence electrons. The molecule has 0 radical (unpaired) electrons. The fourth-order valence-electron chi connectivity index (χ4n) is 2.18. The van der Waals surface area contributed by atoms with Crippen LogP contribution in [0.1, 0.15) is 24.1 Å². The van der Waals surface area contributed by atoms with E-state index in [4.69, 9.17) is 28.5 Å². The second-order valence-corrected chi connectivity index (χ2v) is 7.78. The molecule has 0 saturated carbocycles. The summed E-state index contributed by atoms with van der Waals surface area (Å²) in [5.74, 6) is 0. The zero-order chi connectivity index (χ0) is 17.2. The Labute approximate surface area is 145 Å². The van der Waals surface area contributed by atoms with Crippen LogP contribution in [0.2, 0.25) is 10.0 Å². The molecule has 0 spiro atoms. The molecule has 4 nitrogen and oxygen atoms in total. The number of hydrogen-bond acceptors (Lipinski definition) is 3. The molecule has 0 saturated heterocycles. The zero-order valence-corrected chi connectivity index (χ0v) is 14.8. The fourth-order valence-corrected chi connectivity index (χ4v) is 4.23. The predicted molar refractivity (Wildman–Crippen MR) is 91.0 cm³/mol. The number of sulfonamides is 1. The molecule has 23 heavy (non-hydrogen) atoms. The smallest absolute Gasteiger partial charge is 0.207 e. The van der Waals surface area contributed by atoms with E-state index in [2.05, 4.69) is 0 Å². The molecule has 2 aromatic rings. The van der Waals surface area contributed by atoms with Crippen LogP contribution in [0.15, 0.2) is 47.4 Å². The molecule has 7 heteroatoms. The highest BCUT2D eigenvalue weighted by Gasteiger charge is 2.29. The number of halogens is 2. The highest BCUT2D eigenvalue weighted by atomic mass is 35.5. The van der Waals surface area contributed by atoms with E-state index in [1.807, 2.05) is 6.07 Å². The third-order valence-electron chi connectivity index (χ3n) is 3.62. The Kier molecular flexibility index (Phi) is 5.33. The summed E-state index contributed by atoms with van der Waals surface area (Å²) in [6.07, 6.45) is 0. The summed E-state index contributed by atoms with van der Waals surface area (Å²) in [5, 5.41) is 9.99. The number of benzene rings is 2. The molecule has 0 fully saturated rings. The third kappa shape index (κ3) is 3.51. The molecule has 0 aliphatic carbocycles. The summed E-state index contributed by atoms with van der Waals surface area (Å²) in [6.45, 7) is 1.72. The van der Waals surface area contributed by atoms with Gasteiger partial charge in [-0.05, 0) is 36.8 Å². The molecule has 0 aliphatic rings. The minimum atomic E-state index is -3.84. The van der Waals surface area contributed by atoms with Gasteiger partial charge in [0.2, 0.25) is 10.0 Å². The van der Waals surface area contributed by atoms with E-state index in [1.54, 1.807) is 37.3 Å². The maximum absolute atomic E-state index is 12.8. The number of hydrogen-bond donors (Lipinski definition) is 0. The summed E-state index contributed by atoms with van der Waals surface area (Å²) in [6, 6.07) is 12.4. The summed E-state index contributed by atoms with van der Waals surface area (Å²) in [7, 11) is -2.38. The van der Waals surface area contributed by atoms with Gasteiger partial charge in [-0.1, -0.05) is 41.4 Å². The number of nitrogens with zero attached hydrogens (tertiary/aromatic N) is 2. The molecule has 1 unspecified atom stereocenters. The van der Waals surface area contributed by atoms with Crippen LogP contribution >= 0.6 is 23.2 Å². The van der Waals surface area contributed by atoms with Crippen molar-refractivity contribution in [1.29, 1.82) is 5.26 Å². The molecule has 0 bridgehead atoms. The average Bonchev–Trinajstić information content (AvgIpc) is 2.53. The van der Waals surface area contributed by atoms with Crippen LogP contribution in [0, 0.1) is 11.3 Å². The van der Waals surface area contributed by atoms with Crippen LogP contribution in [0.25, 0.3) is 0 Å². The second-order valence-electron chi connectivity index (χ2n) is 4.97. The van der Waals surface area contributed by atoms with Gasteiger partial charge in [0.05, 0.1) is 10.5 Å². The van der Waals surface area contributed by atoms with E-state index >= 15 is 0 Å². The lowest BCUT2D eigenvalue weighted by molar-refractivity contribution is 0.398. The highest BCUT2D eigenvalue weighted by Crippen LogP contribution is 2.32. The van der Waals surface area contributed by atoms with Crippen molar-refractivity contribution < 1.29 is 8.42 Å². The van der Waals surface area contributed by atoms with E-state index in [-0.39, 0.29) is 10.5 Å². The molecule has 2 rings (SSSR count). The Morgan fingerprint density at radius 1 is 1.17 bits per heavy atom. The summed E-state index contributed by atoms with van der Waals surface area (Å²) in [4.78, 5) is -0.0260. The highest BCUT2D eigenvalue weighted by molar-refractivity contribution is 7.89. The Hall–Kier alpha value is -1.58. The second kappa shape index (κ2) is 6.90. The number of nitriles is 1. The Morgan fingerprint density at radius 2 is 1.83 bits per heavy atom. The first-order chi connectivity index (χ1) is 10.8. The lowest BCUT2D eigenvalue weighted by Gasteiger charge is -2.25. The lowest BCUT2D eigenvalue weighted by atomic mass is 10.1. The van der Waals surface area contributed by atoms with Crippen molar-refractivity contribution in [2.75, 3.05) is 7.05 Å². The van der Waals surface area contributed by atoms with E-state index in [9.17, 15) is 8.42 Å². The molecular weight excluding hydrogens is 355 g/mol. The lowest BCUT2D eigenvalue weighted by Crippen LogP contribution is -2.30. The van der Waals surface area contributed by atoms with Crippen LogP contribution in [0.3, 0.4) is 0 Å². The van der Waals surface area contributed by atoms with Gasteiger partial charge in [0.15, 0.2) is 0 Å². The minimum Gasteiger partial charge on any atom is -0.207 e. The maximum atomic E-state index is 12.8. The first kappa shape index (κ1) is 17.8. The van der Waals surface area contributed by atoms with Crippen molar-refractivity contribution in [2.45, 2.75) is 17.9 Å². The van der Waals surface area contributed by atoms with Crippen molar-refractivity contribution >= 4 is 33.2 Å². The van der Waals surface area contributed by atoms with Crippen LogP contribution in [0.5, 0.6) is 0 Å². The van der Waals surface area contributed by atoms with Gasteiger partial charge in [-0.2, -0.15) is 9.57 Å². The molecule has 0 aliphatic heterocycles. The summed E-state index contributed by atoms with van der Waals surface area (Å²) < 4.78 is 26.8. The Morgan fingerprint density at radius 3 is 2.43 bits per heavy atom. The third-order valence-corrected chi connectivity index (χ3v) is 6.17. The molecule has 1 atom stereocenters. The van der Waals surface area contributed by atoms with Gasteiger partial charge in [0, 0.05) is 23.1 Å². The maximum Gasteiger partial charge on any atom is 0.244 e. The fraction of sp³-hybridized carbons (Fsp3) is 0.188. The van der Waals surface area contributed by atoms with Crippen molar-refractivity contribution in [3.63, 3.8) is 0 Å². The summed E-state index contributed by atoms with van der Waals surface area (Å²) in [5.41, 5.74) is 0.741. The molecule has 0 heterocycles. The Balaban J connectivity index is 2.46. The van der Waals surface area contributed by atoms with Crippen molar-refractivity contribution in [3.05, 3.63) is 63.6 Å². The Bertz CT molecular complexity index is 876. The standard InChI is InChI=1S/C16H14Cl2N2O2S/c1-11(14-8-7-13(17)9-15(14)18)20(2)23(21,22)16-6-4-3-5-12(16)10-19/h3-9,11H,1-2H3. The quantitative estimate of drug-likeness (QED) is 0.810. The van der Waals surface area contributed by atoms with E-state index in [0.29, 0.717) is 15.6 Å². The van der Waals surface area contributed by atoms with Gasteiger partial charge in [-0.3, -0.25) is 0 Å². The van der Waals surface area contributed by atoms with Crippen molar-refractivity contribution in [2.24, 2.45) is 0 Å². The van der Waals surface area contributed by atoms with E-state index in [0.717, 1.165) is 0 Å². The molecule has 2 aromatic carbocycles. The predicted octanol–water partition coefficient (Wildman–Crippen LogP) is 4.25. The molecule has 0 aromatic heterocycles. The first-order valence-electron chi connectivity index (χ1n) is 6.71. The average molecular weight is 369 g/mol. The van der Waals surface area contributed by atoms with Gasteiger partial charge in [-0.25, -0.2) is 8.42 Å². The largest absolute Gasteiger partial charge is 0.244 e. The molecule has 0 N–H and O–H groups in total. The van der Waals surface area contributed by atoms with E-state index < -0.39 is 16.1 Å². The van der Waals surface area contributed by atoms with Crippen LogP contribution in [-0.4, -0.2) is 19.8 Å². The summed E-state index contributed by atoms with van der Waals surface area (Å²) >= 11 is 12.0. The van der Waals surface area contributed by atoms with E-state index in [1.165, 1.54) is 23.5 Å². The topological polar surface area (TPSA) is 61.2 Å². The van der Waals surface area contributed by atoms with Gasteiger partial charge in [0.1, 0.15) is 6.07 Å². The molecular formula is C16H14Cl2N2O2S. The minimum absolute atomic E-state index is 0.0260. The van der Waals surface area contributed by atoms with Crippen LogP contribution < -0.4 is 0 Å². The van der Waals surface area contributed by atoms with Gasteiger partial charge < -0.3 is 0 Å². The van der Waals surface area contributed by atoms with Gasteiger partial charge in [0.25, 0.3) is 0 Å². The SMILES string of the molecule is CC(c1ccc(Cl)cc1Cl)N(C)S(=O)(=O)c1ccccc1C#N. The van der Waals surface area contributed by atoms with Gasteiger partial charge >= 0.3 is 0 Å². The monoisotopic (exact) mass is 368 g/mol.